The number of aromatic nitrogens is 1. The topological polar surface area (TPSA) is 63.0 Å². The Kier molecular flexibility index (Phi) is 5.38. The predicted molar refractivity (Wildman–Crippen MR) is 84.7 cm³/mol. The number of benzene rings is 1. The van der Waals surface area contributed by atoms with Gasteiger partial charge in [-0.25, -0.2) is 0 Å². The van der Waals surface area contributed by atoms with Crippen LogP contribution in [0.2, 0.25) is 0 Å². The second-order valence-corrected chi connectivity index (χ2v) is 4.89. The van der Waals surface area contributed by atoms with Gasteiger partial charge in [-0.2, -0.15) is 0 Å². The van der Waals surface area contributed by atoms with Gasteiger partial charge >= 0.3 is 0 Å². The summed E-state index contributed by atoms with van der Waals surface area (Å²) < 4.78 is 0. The van der Waals surface area contributed by atoms with E-state index in [4.69, 9.17) is 5.73 Å². The molecule has 0 radical (unpaired) electrons. The molecule has 0 spiro atoms. The zero-order chi connectivity index (χ0) is 14.2. The Bertz CT molecular complexity index is 513. The molecular weight excluding hydrogens is 248 g/mol. The summed E-state index contributed by atoms with van der Waals surface area (Å²) in [6, 6.07) is 14.2. The van der Waals surface area contributed by atoms with Crippen LogP contribution >= 0.6 is 0 Å². The van der Waals surface area contributed by atoms with E-state index >= 15 is 0 Å². The van der Waals surface area contributed by atoms with Crippen molar-refractivity contribution in [3.05, 3.63) is 54.4 Å². The zero-order valence-corrected chi connectivity index (χ0v) is 11.8. The van der Waals surface area contributed by atoms with Crippen molar-refractivity contribution < 1.29 is 0 Å². The van der Waals surface area contributed by atoms with Crippen molar-refractivity contribution in [2.24, 2.45) is 0 Å². The van der Waals surface area contributed by atoms with Crippen LogP contribution in [0.15, 0.2) is 48.7 Å². The van der Waals surface area contributed by atoms with Crippen molar-refractivity contribution in [3.63, 3.8) is 0 Å². The van der Waals surface area contributed by atoms with E-state index in [0.29, 0.717) is 6.04 Å². The average molecular weight is 270 g/mol. The molecule has 0 saturated heterocycles. The van der Waals surface area contributed by atoms with Crippen LogP contribution in [-0.4, -0.2) is 24.1 Å². The first-order valence-corrected chi connectivity index (χ1v) is 6.97. The van der Waals surface area contributed by atoms with Crippen molar-refractivity contribution in [2.75, 3.05) is 24.1 Å². The lowest BCUT2D eigenvalue weighted by Crippen LogP contribution is -2.32. The fourth-order valence-corrected chi connectivity index (χ4v) is 2.08. The van der Waals surface area contributed by atoms with Crippen molar-refractivity contribution >= 4 is 11.4 Å². The van der Waals surface area contributed by atoms with Crippen molar-refractivity contribution in [2.45, 2.75) is 19.4 Å². The van der Waals surface area contributed by atoms with Crippen LogP contribution in [0.25, 0.3) is 0 Å². The smallest absolute Gasteiger partial charge is 0.0574 e. The van der Waals surface area contributed by atoms with E-state index in [2.05, 4.69) is 28.6 Å². The van der Waals surface area contributed by atoms with Gasteiger partial charge in [0.05, 0.1) is 11.4 Å². The number of hydrogen-bond donors (Lipinski definition) is 3. The third-order valence-corrected chi connectivity index (χ3v) is 3.14. The first-order chi connectivity index (χ1) is 9.75. The van der Waals surface area contributed by atoms with Crippen LogP contribution in [0.5, 0.6) is 0 Å². The summed E-state index contributed by atoms with van der Waals surface area (Å²) in [6.45, 7) is 3.91. The van der Waals surface area contributed by atoms with Crippen LogP contribution in [0.4, 0.5) is 11.4 Å². The second-order valence-electron chi connectivity index (χ2n) is 4.89. The monoisotopic (exact) mass is 270 g/mol. The van der Waals surface area contributed by atoms with Crippen LogP contribution < -0.4 is 16.4 Å². The Morgan fingerprint density at radius 3 is 2.65 bits per heavy atom. The molecule has 106 valence electrons. The van der Waals surface area contributed by atoms with Crippen molar-refractivity contribution in [3.8, 4) is 0 Å². The molecule has 0 aliphatic heterocycles. The molecule has 1 aromatic heterocycles. The van der Waals surface area contributed by atoms with E-state index < -0.39 is 0 Å². The number of pyridine rings is 1. The van der Waals surface area contributed by atoms with Gasteiger partial charge in [0.2, 0.25) is 0 Å². The fraction of sp³-hybridized carbons (Fsp3) is 0.312. The molecule has 0 aliphatic rings. The Morgan fingerprint density at radius 2 is 1.90 bits per heavy atom. The summed E-state index contributed by atoms with van der Waals surface area (Å²) >= 11 is 0. The van der Waals surface area contributed by atoms with E-state index in [-0.39, 0.29) is 0 Å². The molecule has 0 bridgehead atoms. The maximum absolute atomic E-state index is 5.87. The normalized spacial score (nSPS) is 12.1. The molecule has 2 rings (SSSR count). The largest absolute Gasteiger partial charge is 0.397 e. The predicted octanol–water partition coefficient (Wildman–Crippen LogP) is 2.30. The lowest BCUT2D eigenvalue weighted by Gasteiger charge is -2.14. The number of nitrogens with zero attached hydrogens (tertiary/aromatic N) is 1. The van der Waals surface area contributed by atoms with E-state index in [1.807, 2.05) is 42.6 Å². The van der Waals surface area contributed by atoms with Crippen LogP contribution in [-0.2, 0) is 6.42 Å². The summed E-state index contributed by atoms with van der Waals surface area (Å²) in [5, 5.41) is 6.81. The lowest BCUT2D eigenvalue weighted by atomic mass is 10.1. The molecule has 1 atom stereocenters. The molecule has 4 nitrogen and oxygen atoms in total. The third-order valence-electron chi connectivity index (χ3n) is 3.14. The van der Waals surface area contributed by atoms with Crippen molar-refractivity contribution in [1.82, 2.24) is 10.3 Å². The zero-order valence-electron chi connectivity index (χ0n) is 11.8. The molecule has 2 aromatic rings. The molecule has 4 N–H and O–H groups in total. The Labute approximate surface area is 120 Å². The molecule has 1 heterocycles. The Hall–Kier alpha value is -2.07. The third kappa shape index (κ3) is 4.55. The first kappa shape index (κ1) is 14.3. The van der Waals surface area contributed by atoms with E-state index in [1.54, 1.807) is 0 Å². The second kappa shape index (κ2) is 7.50. The quantitative estimate of drug-likeness (QED) is 0.533. The van der Waals surface area contributed by atoms with Crippen molar-refractivity contribution in [1.29, 1.82) is 0 Å². The Balaban J connectivity index is 1.67. The lowest BCUT2D eigenvalue weighted by molar-refractivity contribution is 0.552. The maximum atomic E-state index is 5.87. The summed E-state index contributed by atoms with van der Waals surface area (Å²) in [6.07, 6.45) is 2.77. The molecule has 4 heteroatoms. The minimum Gasteiger partial charge on any atom is -0.397 e. The van der Waals surface area contributed by atoms with Gasteiger partial charge < -0.3 is 16.4 Å². The van der Waals surface area contributed by atoms with Gasteiger partial charge in [-0.1, -0.05) is 18.2 Å². The van der Waals surface area contributed by atoms with E-state index in [0.717, 1.165) is 36.6 Å². The summed E-state index contributed by atoms with van der Waals surface area (Å²) in [7, 11) is 0. The number of nitrogens with one attached hydrogen (secondary N) is 2. The van der Waals surface area contributed by atoms with E-state index in [9.17, 15) is 0 Å². The molecule has 1 unspecified atom stereocenters. The SMILES string of the molecule is CC(Cc1ccccn1)NCCNc1ccccc1N. The van der Waals surface area contributed by atoms with Crippen LogP contribution in [0, 0.1) is 0 Å². The molecule has 0 fully saturated rings. The van der Waals surface area contributed by atoms with Gasteiger partial charge in [0.25, 0.3) is 0 Å². The summed E-state index contributed by atoms with van der Waals surface area (Å²) in [5.41, 5.74) is 8.77. The number of para-hydroxylation sites is 2. The number of hydrogen-bond acceptors (Lipinski definition) is 4. The van der Waals surface area contributed by atoms with Crippen LogP contribution in [0.3, 0.4) is 0 Å². The van der Waals surface area contributed by atoms with Gasteiger partial charge in [-0.3, -0.25) is 4.98 Å². The molecule has 1 aromatic carbocycles. The van der Waals surface area contributed by atoms with Gasteiger partial charge in [-0.15, -0.1) is 0 Å². The van der Waals surface area contributed by atoms with Gasteiger partial charge in [-0.05, 0) is 31.2 Å². The average Bonchev–Trinajstić information content (AvgIpc) is 2.46. The molecular formula is C16H22N4. The minimum absolute atomic E-state index is 0.403. The number of anilines is 2. The number of rotatable bonds is 7. The number of nitrogen functional groups attached to an aromatic ring is 1. The highest BCUT2D eigenvalue weighted by Crippen LogP contribution is 2.15. The highest BCUT2D eigenvalue weighted by molar-refractivity contribution is 5.65. The maximum Gasteiger partial charge on any atom is 0.0574 e. The fourth-order valence-electron chi connectivity index (χ4n) is 2.08. The van der Waals surface area contributed by atoms with Gasteiger partial charge in [0, 0.05) is 37.4 Å². The van der Waals surface area contributed by atoms with Gasteiger partial charge in [0.15, 0.2) is 0 Å². The summed E-state index contributed by atoms with van der Waals surface area (Å²) in [5.74, 6) is 0. The molecule has 20 heavy (non-hydrogen) atoms. The highest BCUT2D eigenvalue weighted by Gasteiger charge is 2.03. The summed E-state index contributed by atoms with van der Waals surface area (Å²) in [4.78, 5) is 4.33. The Morgan fingerprint density at radius 1 is 1.10 bits per heavy atom. The molecule has 0 aliphatic carbocycles. The molecule has 0 saturated carbocycles. The number of nitrogens with two attached hydrogens (primary N) is 1. The van der Waals surface area contributed by atoms with Crippen LogP contribution in [0.1, 0.15) is 12.6 Å². The highest BCUT2D eigenvalue weighted by atomic mass is 15.0. The minimum atomic E-state index is 0.403. The first-order valence-electron chi connectivity index (χ1n) is 6.97. The van der Waals surface area contributed by atoms with E-state index in [1.165, 1.54) is 0 Å². The standard InChI is InChI=1S/C16H22N4/c1-13(12-14-6-4-5-9-19-14)18-10-11-20-16-8-3-2-7-15(16)17/h2-9,13,18,20H,10-12,17H2,1H3. The van der Waals surface area contributed by atoms with Gasteiger partial charge in [0.1, 0.15) is 0 Å². The molecule has 0 amide bonds.